The largest absolute Gasteiger partial charge is 0.303 e. The van der Waals surface area contributed by atoms with Crippen LogP contribution < -0.4 is 0 Å². The molecule has 3 aliphatic rings. The van der Waals surface area contributed by atoms with Gasteiger partial charge in [-0.1, -0.05) is 112 Å². The first-order chi connectivity index (χ1) is 25.2. The highest BCUT2D eigenvalue weighted by molar-refractivity contribution is 9.10. The normalized spacial score (nSPS) is 24.0. The Morgan fingerprint density at radius 2 is 1.04 bits per heavy atom. The van der Waals surface area contributed by atoms with E-state index in [1.807, 2.05) is 18.2 Å². The summed E-state index contributed by atoms with van der Waals surface area (Å²) in [6.07, 6.45) is 26.0. The van der Waals surface area contributed by atoms with Crippen LogP contribution in [-0.4, -0.2) is 18.9 Å². The van der Waals surface area contributed by atoms with E-state index < -0.39 is 0 Å². The molecular formula is C48H63BrO3. The average molecular weight is 768 g/mol. The van der Waals surface area contributed by atoms with Gasteiger partial charge in [-0.25, -0.2) is 0 Å². The Bertz CT molecular complexity index is 1470. The molecule has 0 saturated heterocycles. The van der Waals surface area contributed by atoms with Crippen LogP contribution >= 0.6 is 15.9 Å². The van der Waals surface area contributed by atoms with Crippen LogP contribution in [0.2, 0.25) is 0 Å². The van der Waals surface area contributed by atoms with Crippen molar-refractivity contribution in [2.24, 2.45) is 35.5 Å². The van der Waals surface area contributed by atoms with E-state index in [9.17, 15) is 14.4 Å². The van der Waals surface area contributed by atoms with Gasteiger partial charge in [0, 0.05) is 22.2 Å². The maximum absolute atomic E-state index is 10.7. The third-order valence-corrected chi connectivity index (χ3v) is 11.4. The number of benzene rings is 3. The maximum atomic E-state index is 10.7. The minimum Gasteiger partial charge on any atom is -0.303 e. The van der Waals surface area contributed by atoms with Crippen molar-refractivity contribution in [2.45, 2.75) is 111 Å². The number of carbonyl (C=O) groups is 3. The Labute approximate surface area is 323 Å². The molecule has 0 atom stereocenters. The minimum atomic E-state index is 0.318. The van der Waals surface area contributed by atoms with Gasteiger partial charge in [-0.15, -0.1) is 6.58 Å². The van der Waals surface area contributed by atoms with Crippen molar-refractivity contribution in [3.8, 4) is 0 Å². The van der Waals surface area contributed by atoms with Gasteiger partial charge in [0.1, 0.15) is 18.9 Å². The summed E-state index contributed by atoms with van der Waals surface area (Å²) in [5.74, 6) is 3.19. The zero-order valence-corrected chi connectivity index (χ0v) is 33.7. The fraction of sp³-hybridized carbons (Fsp3) is 0.479. The molecule has 280 valence electrons. The van der Waals surface area contributed by atoms with Crippen molar-refractivity contribution < 1.29 is 14.4 Å². The van der Waals surface area contributed by atoms with Crippen LogP contribution in [-0.2, 0) is 20.8 Å². The van der Waals surface area contributed by atoms with Gasteiger partial charge in [-0.2, -0.15) is 0 Å². The number of hydrogen-bond donors (Lipinski definition) is 0. The standard InChI is InChI=1S/C16H22O.C16H20O.C9H14O.C7H7Br/c2*1-13-3-2-4-15(11-13)8-5-14-6-9-16(12-17)10-7-14;1-2-8-3-5-9(7-10)6-4-8;1-6-3-2-4-7(8)5-6/h2-4,11-12,14,16H,5-10H2,1H3;2-5,8,11-12,14,16H,6-7,9-10H2,1H3;2,7-9H,1,3-6H2;2-5H,1H3/b;8-5+;;. The number of aryl methyl sites for hydroxylation is 4. The van der Waals surface area contributed by atoms with Crippen molar-refractivity contribution in [3.63, 3.8) is 0 Å². The second kappa shape index (κ2) is 24.8. The first-order valence-electron chi connectivity index (χ1n) is 19.7. The lowest BCUT2D eigenvalue weighted by molar-refractivity contribution is -0.112. The van der Waals surface area contributed by atoms with Crippen molar-refractivity contribution in [2.75, 3.05) is 0 Å². The van der Waals surface area contributed by atoms with Crippen LogP contribution in [0.25, 0.3) is 6.08 Å². The van der Waals surface area contributed by atoms with Crippen LogP contribution in [0, 0.1) is 56.3 Å². The molecule has 0 bridgehead atoms. The molecular weight excluding hydrogens is 704 g/mol. The quantitative estimate of drug-likeness (QED) is 0.161. The second-order valence-corrected chi connectivity index (χ2v) is 16.3. The third kappa shape index (κ3) is 17.4. The molecule has 6 rings (SSSR count). The monoisotopic (exact) mass is 766 g/mol. The topological polar surface area (TPSA) is 51.2 Å². The van der Waals surface area contributed by atoms with E-state index in [0.29, 0.717) is 29.6 Å². The molecule has 0 unspecified atom stereocenters. The molecule has 0 amide bonds. The van der Waals surface area contributed by atoms with Gasteiger partial charge >= 0.3 is 0 Å². The van der Waals surface area contributed by atoms with E-state index in [0.717, 1.165) is 93.5 Å². The van der Waals surface area contributed by atoms with Crippen LogP contribution in [0.5, 0.6) is 0 Å². The van der Waals surface area contributed by atoms with Gasteiger partial charge in [0.15, 0.2) is 0 Å². The third-order valence-electron chi connectivity index (χ3n) is 10.9. The summed E-state index contributed by atoms with van der Waals surface area (Å²) in [5, 5.41) is 0. The molecule has 0 spiro atoms. The summed E-state index contributed by atoms with van der Waals surface area (Å²) in [4.78, 5) is 31.7. The SMILES string of the molecule is C=CC1CCC(C=O)CC1.Cc1cccc(/C=C/C2CCC(C=O)CC2)c1.Cc1cccc(Br)c1.Cc1cccc(CCC2CCC(C=O)CC2)c1. The van der Waals surface area contributed by atoms with E-state index in [2.05, 4.69) is 116 Å². The summed E-state index contributed by atoms with van der Waals surface area (Å²) in [5.41, 5.74) is 6.69. The Hall–Kier alpha value is -3.37. The first-order valence-corrected chi connectivity index (χ1v) is 20.5. The van der Waals surface area contributed by atoms with Crippen molar-refractivity contribution >= 4 is 40.9 Å². The Kier molecular flexibility index (Phi) is 20.5. The summed E-state index contributed by atoms with van der Waals surface area (Å²) in [7, 11) is 0. The van der Waals surface area contributed by atoms with E-state index in [4.69, 9.17) is 0 Å². The van der Waals surface area contributed by atoms with Gasteiger partial charge in [0.25, 0.3) is 0 Å². The lowest BCUT2D eigenvalue weighted by Crippen LogP contribution is -2.15. The second-order valence-electron chi connectivity index (χ2n) is 15.4. The summed E-state index contributed by atoms with van der Waals surface area (Å²) >= 11 is 3.36. The van der Waals surface area contributed by atoms with Gasteiger partial charge in [-0.05, 0) is 152 Å². The highest BCUT2D eigenvalue weighted by atomic mass is 79.9. The molecule has 0 heterocycles. The van der Waals surface area contributed by atoms with Crippen molar-refractivity contribution in [1.82, 2.24) is 0 Å². The maximum Gasteiger partial charge on any atom is 0.123 e. The number of halogens is 1. The van der Waals surface area contributed by atoms with Gasteiger partial charge in [0.2, 0.25) is 0 Å². The molecule has 3 saturated carbocycles. The van der Waals surface area contributed by atoms with Gasteiger partial charge in [-0.3, -0.25) is 0 Å². The van der Waals surface area contributed by atoms with E-state index in [-0.39, 0.29) is 0 Å². The Morgan fingerprint density at radius 1 is 0.577 bits per heavy atom. The molecule has 3 aromatic rings. The van der Waals surface area contributed by atoms with Crippen LogP contribution in [0.4, 0.5) is 0 Å². The van der Waals surface area contributed by atoms with E-state index in [1.165, 1.54) is 53.5 Å². The lowest BCUT2D eigenvalue weighted by Gasteiger charge is -2.25. The summed E-state index contributed by atoms with van der Waals surface area (Å²) < 4.78 is 1.15. The fourth-order valence-corrected chi connectivity index (χ4v) is 7.98. The van der Waals surface area contributed by atoms with Gasteiger partial charge in [0.05, 0.1) is 0 Å². The number of carbonyl (C=O) groups excluding carboxylic acids is 3. The molecule has 3 aliphatic carbocycles. The average Bonchev–Trinajstić information content (AvgIpc) is 3.17. The Morgan fingerprint density at radius 3 is 1.50 bits per heavy atom. The molecule has 3 fully saturated rings. The smallest absolute Gasteiger partial charge is 0.123 e. The summed E-state index contributed by atoms with van der Waals surface area (Å²) in [6.45, 7) is 10.1. The molecule has 3 aromatic carbocycles. The van der Waals surface area contributed by atoms with Crippen LogP contribution in [0.1, 0.15) is 111 Å². The number of hydrogen-bond acceptors (Lipinski definition) is 3. The molecule has 0 radical (unpaired) electrons. The van der Waals surface area contributed by atoms with Crippen LogP contribution in [0.3, 0.4) is 0 Å². The molecule has 0 aromatic heterocycles. The number of rotatable bonds is 9. The number of allylic oxidation sites excluding steroid dienone is 2. The molecule has 4 heteroatoms. The predicted molar refractivity (Wildman–Crippen MR) is 223 cm³/mol. The molecule has 0 aliphatic heterocycles. The van der Waals surface area contributed by atoms with Crippen molar-refractivity contribution in [3.05, 3.63) is 124 Å². The highest BCUT2D eigenvalue weighted by Crippen LogP contribution is 2.31. The first kappa shape index (κ1) is 43.0. The molecule has 52 heavy (non-hydrogen) atoms. The molecule has 3 nitrogen and oxygen atoms in total. The van der Waals surface area contributed by atoms with Gasteiger partial charge < -0.3 is 14.4 Å². The zero-order chi connectivity index (χ0) is 37.6. The predicted octanol–water partition coefficient (Wildman–Crippen LogP) is 12.9. The van der Waals surface area contributed by atoms with E-state index in [1.54, 1.807) is 0 Å². The summed E-state index contributed by atoms with van der Waals surface area (Å²) in [6, 6.07) is 25.6. The van der Waals surface area contributed by atoms with Crippen LogP contribution in [0.15, 0.2) is 96.0 Å². The van der Waals surface area contributed by atoms with Crippen molar-refractivity contribution in [1.29, 1.82) is 0 Å². The zero-order valence-electron chi connectivity index (χ0n) is 32.1. The lowest BCUT2D eigenvalue weighted by atomic mass is 9.80. The highest BCUT2D eigenvalue weighted by Gasteiger charge is 2.21. The van der Waals surface area contributed by atoms with E-state index >= 15 is 0 Å². The number of aldehydes is 3. The molecule has 0 N–H and O–H groups in total. The fourth-order valence-electron chi connectivity index (χ4n) is 7.47. The minimum absolute atomic E-state index is 0.318. The Balaban J connectivity index is 0.000000196.